The lowest BCUT2D eigenvalue weighted by molar-refractivity contribution is 0.0696. The number of carbonyl (C=O) groups is 1. The zero-order chi connectivity index (χ0) is 14.1. The molecule has 0 aliphatic heterocycles. The quantitative estimate of drug-likeness (QED) is 0.922. The highest BCUT2D eigenvalue weighted by Gasteiger charge is 2.23. The molecule has 0 heterocycles. The third-order valence-electron chi connectivity index (χ3n) is 3.14. The van der Waals surface area contributed by atoms with Gasteiger partial charge in [-0.25, -0.2) is 9.18 Å². The molecule has 1 saturated carbocycles. The van der Waals surface area contributed by atoms with Gasteiger partial charge in [0.2, 0.25) is 0 Å². The number of rotatable bonds is 4. The summed E-state index contributed by atoms with van der Waals surface area (Å²) in [5.41, 5.74) is 1.21. The molecule has 1 N–H and O–H groups in total. The molecule has 2 aromatic carbocycles. The minimum atomic E-state index is -1.14. The summed E-state index contributed by atoms with van der Waals surface area (Å²) in [4.78, 5) is 11.0. The lowest BCUT2D eigenvalue weighted by Gasteiger charge is -2.08. The van der Waals surface area contributed by atoms with Gasteiger partial charge in [-0.1, -0.05) is 12.1 Å². The van der Waals surface area contributed by atoms with Crippen LogP contribution in [0.4, 0.5) is 4.39 Å². The molecule has 102 valence electrons. The first kappa shape index (κ1) is 12.7. The minimum absolute atomic E-state index is 0.0616. The average molecular weight is 272 g/mol. The molecule has 1 fully saturated rings. The van der Waals surface area contributed by atoms with Crippen molar-refractivity contribution in [1.82, 2.24) is 0 Å². The smallest absolute Gasteiger partial charge is 0.335 e. The Morgan fingerprint density at radius 1 is 1.15 bits per heavy atom. The monoisotopic (exact) mass is 272 g/mol. The van der Waals surface area contributed by atoms with Crippen LogP contribution in [-0.2, 0) is 0 Å². The van der Waals surface area contributed by atoms with Gasteiger partial charge in [-0.15, -0.1) is 0 Å². The molecule has 0 spiro atoms. The van der Waals surface area contributed by atoms with E-state index >= 15 is 0 Å². The van der Waals surface area contributed by atoms with Crippen LogP contribution >= 0.6 is 0 Å². The highest BCUT2D eigenvalue weighted by Crippen LogP contribution is 2.30. The zero-order valence-electron chi connectivity index (χ0n) is 10.7. The fraction of sp³-hybridized carbons (Fsp3) is 0.188. The van der Waals surface area contributed by atoms with Crippen molar-refractivity contribution in [2.45, 2.75) is 18.9 Å². The summed E-state index contributed by atoms with van der Waals surface area (Å²) in [7, 11) is 0. The van der Waals surface area contributed by atoms with E-state index in [1.165, 1.54) is 12.1 Å². The number of aromatic carboxylic acids is 1. The van der Waals surface area contributed by atoms with Crippen LogP contribution in [0.1, 0.15) is 23.2 Å². The van der Waals surface area contributed by atoms with Crippen molar-refractivity contribution in [2.24, 2.45) is 0 Å². The first-order valence-electron chi connectivity index (χ1n) is 6.43. The van der Waals surface area contributed by atoms with Gasteiger partial charge in [0.25, 0.3) is 0 Å². The third kappa shape index (κ3) is 2.79. The standard InChI is InChI=1S/C16H13FO3/c17-13-7-11(6-12(8-13)16(18)19)10-2-1-3-15(9-10)20-14-4-5-14/h1-3,6-9,14H,4-5H2,(H,18,19). The van der Waals surface area contributed by atoms with Crippen LogP contribution < -0.4 is 4.74 Å². The van der Waals surface area contributed by atoms with Gasteiger partial charge >= 0.3 is 5.97 Å². The molecule has 1 aliphatic carbocycles. The lowest BCUT2D eigenvalue weighted by atomic mass is 10.0. The molecule has 20 heavy (non-hydrogen) atoms. The Kier molecular flexibility index (Phi) is 3.14. The van der Waals surface area contributed by atoms with E-state index in [1.807, 2.05) is 12.1 Å². The zero-order valence-corrected chi connectivity index (χ0v) is 10.7. The van der Waals surface area contributed by atoms with Crippen molar-refractivity contribution < 1.29 is 19.0 Å². The van der Waals surface area contributed by atoms with Crippen LogP contribution in [0.5, 0.6) is 5.75 Å². The summed E-state index contributed by atoms with van der Waals surface area (Å²) in [5.74, 6) is -0.976. The van der Waals surface area contributed by atoms with Crippen molar-refractivity contribution >= 4 is 5.97 Å². The fourth-order valence-corrected chi connectivity index (χ4v) is 2.01. The second-order valence-corrected chi connectivity index (χ2v) is 4.88. The topological polar surface area (TPSA) is 46.5 Å². The summed E-state index contributed by atoms with van der Waals surface area (Å²) in [6, 6.07) is 11.1. The van der Waals surface area contributed by atoms with Crippen LogP contribution in [0.15, 0.2) is 42.5 Å². The summed E-state index contributed by atoms with van der Waals surface area (Å²) in [5, 5.41) is 8.97. The molecule has 0 aromatic heterocycles. The second-order valence-electron chi connectivity index (χ2n) is 4.88. The molecule has 2 aromatic rings. The largest absolute Gasteiger partial charge is 0.490 e. The molecule has 0 bridgehead atoms. The maximum absolute atomic E-state index is 13.5. The Hall–Kier alpha value is -2.36. The highest BCUT2D eigenvalue weighted by atomic mass is 19.1. The van der Waals surface area contributed by atoms with Gasteiger partial charge < -0.3 is 9.84 Å². The van der Waals surface area contributed by atoms with Crippen molar-refractivity contribution in [3.8, 4) is 16.9 Å². The van der Waals surface area contributed by atoms with Gasteiger partial charge in [0, 0.05) is 0 Å². The summed E-state index contributed by atoms with van der Waals surface area (Å²) >= 11 is 0. The van der Waals surface area contributed by atoms with E-state index < -0.39 is 11.8 Å². The van der Waals surface area contributed by atoms with Gasteiger partial charge in [-0.3, -0.25) is 0 Å². The Balaban J connectivity index is 1.96. The maximum Gasteiger partial charge on any atom is 0.335 e. The van der Waals surface area contributed by atoms with Crippen molar-refractivity contribution in [3.63, 3.8) is 0 Å². The number of ether oxygens (including phenoxy) is 1. The first-order chi connectivity index (χ1) is 9.61. The lowest BCUT2D eigenvalue weighted by Crippen LogP contribution is -1.98. The van der Waals surface area contributed by atoms with E-state index in [-0.39, 0.29) is 11.7 Å². The summed E-state index contributed by atoms with van der Waals surface area (Å²) in [6.45, 7) is 0. The number of benzene rings is 2. The van der Waals surface area contributed by atoms with E-state index in [0.29, 0.717) is 5.56 Å². The van der Waals surface area contributed by atoms with Crippen LogP contribution in [0.25, 0.3) is 11.1 Å². The van der Waals surface area contributed by atoms with Crippen molar-refractivity contribution in [2.75, 3.05) is 0 Å². The van der Waals surface area contributed by atoms with Gasteiger partial charge in [0.05, 0.1) is 11.7 Å². The molecule has 0 atom stereocenters. The van der Waals surface area contributed by atoms with Gasteiger partial charge in [0.1, 0.15) is 11.6 Å². The van der Waals surface area contributed by atoms with E-state index in [0.717, 1.165) is 30.2 Å². The van der Waals surface area contributed by atoms with E-state index in [2.05, 4.69) is 0 Å². The van der Waals surface area contributed by atoms with Crippen LogP contribution in [0.2, 0.25) is 0 Å². The number of hydrogen-bond acceptors (Lipinski definition) is 2. The number of hydrogen-bond donors (Lipinski definition) is 1. The Morgan fingerprint density at radius 3 is 2.65 bits per heavy atom. The number of halogens is 1. The van der Waals surface area contributed by atoms with Crippen LogP contribution in [0.3, 0.4) is 0 Å². The van der Waals surface area contributed by atoms with Crippen LogP contribution in [0, 0.1) is 5.82 Å². The van der Waals surface area contributed by atoms with E-state index in [4.69, 9.17) is 9.84 Å². The molecular weight excluding hydrogens is 259 g/mol. The van der Waals surface area contributed by atoms with Crippen molar-refractivity contribution in [3.05, 3.63) is 53.8 Å². The van der Waals surface area contributed by atoms with Crippen LogP contribution in [-0.4, -0.2) is 17.2 Å². The SMILES string of the molecule is O=C(O)c1cc(F)cc(-c2cccc(OC3CC3)c2)c1. The van der Waals surface area contributed by atoms with Gasteiger partial charge in [-0.05, 0) is 54.3 Å². The molecule has 0 unspecified atom stereocenters. The highest BCUT2D eigenvalue weighted by molar-refractivity contribution is 5.89. The summed E-state index contributed by atoms with van der Waals surface area (Å²) < 4.78 is 19.2. The van der Waals surface area contributed by atoms with Gasteiger partial charge in [-0.2, -0.15) is 0 Å². The molecular formula is C16H13FO3. The molecule has 3 nitrogen and oxygen atoms in total. The number of carboxylic acids is 1. The predicted octanol–water partition coefficient (Wildman–Crippen LogP) is 3.73. The fourth-order valence-electron chi connectivity index (χ4n) is 2.01. The predicted molar refractivity (Wildman–Crippen MR) is 72.4 cm³/mol. The molecule has 0 amide bonds. The first-order valence-corrected chi connectivity index (χ1v) is 6.43. The van der Waals surface area contributed by atoms with Crippen molar-refractivity contribution in [1.29, 1.82) is 0 Å². The molecule has 4 heteroatoms. The summed E-state index contributed by atoms with van der Waals surface area (Å²) in [6.07, 6.45) is 2.41. The average Bonchev–Trinajstić information content (AvgIpc) is 3.22. The molecule has 3 rings (SSSR count). The molecule has 0 radical (unpaired) electrons. The number of carboxylic acid groups (broad SMARTS) is 1. The molecule has 1 aliphatic rings. The Labute approximate surface area is 115 Å². The third-order valence-corrected chi connectivity index (χ3v) is 3.14. The van der Waals surface area contributed by atoms with Gasteiger partial charge in [0.15, 0.2) is 0 Å². The Bertz CT molecular complexity index is 663. The van der Waals surface area contributed by atoms with E-state index in [1.54, 1.807) is 12.1 Å². The minimum Gasteiger partial charge on any atom is -0.490 e. The molecule has 0 saturated heterocycles. The maximum atomic E-state index is 13.5. The van der Waals surface area contributed by atoms with E-state index in [9.17, 15) is 9.18 Å². The Morgan fingerprint density at radius 2 is 1.95 bits per heavy atom. The normalized spacial score (nSPS) is 14.1. The second kappa shape index (κ2) is 4.96.